The Morgan fingerprint density at radius 1 is 1.23 bits per heavy atom. The highest BCUT2D eigenvalue weighted by Crippen LogP contribution is 2.26. The number of carbonyl (C=O) groups is 2. The number of rotatable bonds is 5. The molecule has 0 aromatic carbocycles. The number of Topliss-reactive ketones (excluding diaryl/α,β-unsaturated/α-hetero) is 1. The Hall–Kier alpha value is -1.62. The van der Waals surface area contributed by atoms with E-state index < -0.39 is 0 Å². The predicted molar refractivity (Wildman–Crippen MR) is 85.4 cm³/mol. The third-order valence-corrected chi connectivity index (χ3v) is 4.76. The van der Waals surface area contributed by atoms with Crippen LogP contribution in [0.5, 0.6) is 0 Å². The molecule has 1 aromatic heterocycles. The van der Waals surface area contributed by atoms with Crippen LogP contribution in [0.25, 0.3) is 0 Å². The minimum absolute atomic E-state index is 0.0360. The topological polar surface area (TPSA) is 65.2 Å². The highest BCUT2D eigenvalue weighted by molar-refractivity contribution is 6.04. The zero-order valence-corrected chi connectivity index (χ0v) is 13.3. The number of aromatic amines is 1. The Labute approximate surface area is 131 Å². The molecule has 1 aliphatic heterocycles. The van der Waals surface area contributed by atoms with Crippen molar-refractivity contribution in [2.75, 3.05) is 26.2 Å². The van der Waals surface area contributed by atoms with E-state index in [1.807, 2.05) is 6.92 Å². The zero-order valence-electron chi connectivity index (χ0n) is 13.3. The molecule has 0 radical (unpaired) electrons. The number of nitrogens with one attached hydrogen (secondary N) is 2. The molecule has 1 fully saturated rings. The number of hydrogen-bond donors (Lipinski definition) is 2. The number of likely N-dealkylation sites (tertiary alicyclic amines) is 1. The van der Waals surface area contributed by atoms with Crippen LogP contribution in [0.4, 0.5) is 0 Å². The van der Waals surface area contributed by atoms with E-state index in [4.69, 9.17) is 0 Å². The first kappa shape index (κ1) is 15.3. The van der Waals surface area contributed by atoms with Crippen molar-refractivity contribution >= 4 is 11.7 Å². The molecule has 0 bridgehead atoms. The minimum atomic E-state index is -0.0360. The molecule has 3 rings (SSSR count). The van der Waals surface area contributed by atoms with Crippen molar-refractivity contribution in [3.05, 3.63) is 22.5 Å². The number of amides is 1. The SMILES string of the molecule is Cc1[nH]c2c(c1C(=O)NCCCN1CCCC1)CCCC2=O. The summed E-state index contributed by atoms with van der Waals surface area (Å²) in [4.78, 5) is 29.9. The average Bonchev–Trinajstić information content (AvgIpc) is 3.11. The van der Waals surface area contributed by atoms with E-state index in [0.717, 1.165) is 37.1 Å². The van der Waals surface area contributed by atoms with Gasteiger partial charge in [0.2, 0.25) is 0 Å². The van der Waals surface area contributed by atoms with Crippen molar-refractivity contribution < 1.29 is 9.59 Å². The summed E-state index contributed by atoms with van der Waals surface area (Å²) in [5.74, 6) is 0.101. The fourth-order valence-electron chi connectivity index (χ4n) is 3.62. The van der Waals surface area contributed by atoms with Gasteiger partial charge in [-0.2, -0.15) is 0 Å². The van der Waals surface area contributed by atoms with E-state index in [0.29, 0.717) is 24.2 Å². The maximum atomic E-state index is 12.4. The Morgan fingerprint density at radius 3 is 2.77 bits per heavy atom. The fraction of sp³-hybridized carbons (Fsp3) is 0.647. The fourth-order valence-corrected chi connectivity index (χ4v) is 3.62. The van der Waals surface area contributed by atoms with Crippen LogP contribution in [-0.4, -0.2) is 47.8 Å². The average molecular weight is 303 g/mol. The van der Waals surface area contributed by atoms with E-state index in [-0.39, 0.29) is 11.7 Å². The van der Waals surface area contributed by atoms with Crippen LogP contribution in [0.15, 0.2) is 0 Å². The van der Waals surface area contributed by atoms with Gasteiger partial charge in [-0.15, -0.1) is 0 Å². The van der Waals surface area contributed by atoms with Crippen LogP contribution < -0.4 is 5.32 Å². The molecule has 2 heterocycles. The molecule has 120 valence electrons. The molecule has 22 heavy (non-hydrogen) atoms. The lowest BCUT2D eigenvalue weighted by molar-refractivity contribution is 0.0950. The Morgan fingerprint density at radius 2 is 2.00 bits per heavy atom. The number of H-pyrrole nitrogens is 1. The molecule has 0 unspecified atom stereocenters. The predicted octanol–water partition coefficient (Wildman–Crippen LogP) is 2.06. The number of carbonyl (C=O) groups excluding carboxylic acids is 2. The van der Waals surface area contributed by atoms with Gasteiger partial charge in [0.05, 0.1) is 11.3 Å². The molecule has 2 aliphatic rings. The summed E-state index contributed by atoms with van der Waals surface area (Å²) in [5, 5.41) is 3.02. The van der Waals surface area contributed by atoms with Gasteiger partial charge in [0, 0.05) is 18.7 Å². The van der Waals surface area contributed by atoms with E-state index in [2.05, 4.69) is 15.2 Å². The van der Waals surface area contributed by atoms with Crippen molar-refractivity contribution in [2.24, 2.45) is 0 Å². The summed E-state index contributed by atoms with van der Waals surface area (Å²) in [7, 11) is 0. The molecule has 0 saturated carbocycles. The number of aryl methyl sites for hydroxylation is 1. The first-order valence-electron chi connectivity index (χ1n) is 8.42. The van der Waals surface area contributed by atoms with Crippen molar-refractivity contribution in [3.8, 4) is 0 Å². The van der Waals surface area contributed by atoms with Crippen molar-refractivity contribution in [3.63, 3.8) is 0 Å². The smallest absolute Gasteiger partial charge is 0.253 e. The van der Waals surface area contributed by atoms with Gasteiger partial charge < -0.3 is 15.2 Å². The lowest BCUT2D eigenvalue weighted by Gasteiger charge is -2.15. The second-order valence-corrected chi connectivity index (χ2v) is 6.41. The monoisotopic (exact) mass is 303 g/mol. The summed E-state index contributed by atoms with van der Waals surface area (Å²) in [6.07, 6.45) is 5.84. The lowest BCUT2D eigenvalue weighted by Crippen LogP contribution is -2.29. The van der Waals surface area contributed by atoms with Gasteiger partial charge in [0.15, 0.2) is 5.78 Å². The number of hydrogen-bond acceptors (Lipinski definition) is 3. The van der Waals surface area contributed by atoms with Gasteiger partial charge in [-0.3, -0.25) is 9.59 Å². The summed E-state index contributed by atoms with van der Waals surface area (Å²) in [6.45, 7) is 6.03. The Bertz CT molecular complexity index is 571. The largest absolute Gasteiger partial charge is 0.355 e. The summed E-state index contributed by atoms with van der Waals surface area (Å²) in [6, 6.07) is 0. The summed E-state index contributed by atoms with van der Waals surface area (Å²) < 4.78 is 0. The first-order valence-corrected chi connectivity index (χ1v) is 8.42. The van der Waals surface area contributed by atoms with Gasteiger partial charge in [0.25, 0.3) is 5.91 Å². The van der Waals surface area contributed by atoms with Gasteiger partial charge in [-0.25, -0.2) is 0 Å². The standard InChI is InChI=1S/C17H25N3O2/c1-12-15(13-6-4-7-14(21)16(13)19-12)17(22)18-8-5-11-20-9-2-3-10-20/h19H,2-11H2,1H3,(H,18,22). The molecule has 5 heteroatoms. The normalized spacial score (nSPS) is 18.5. The second-order valence-electron chi connectivity index (χ2n) is 6.41. The van der Waals surface area contributed by atoms with E-state index >= 15 is 0 Å². The van der Waals surface area contributed by atoms with Crippen molar-refractivity contribution in [1.29, 1.82) is 0 Å². The Balaban J connectivity index is 1.57. The zero-order chi connectivity index (χ0) is 15.5. The molecular formula is C17H25N3O2. The second kappa shape index (κ2) is 6.65. The van der Waals surface area contributed by atoms with Gasteiger partial charge >= 0.3 is 0 Å². The van der Waals surface area contributed by atoms with Gasteiger partial charge in [-0.05, 0) is 64.2 Å². The molecule has 1 aliphatic carbocycles. The molecule has 0 atom stereocenters. The highest BCUT2D eigenvalue weighted by atomic mass is 16.1. The highest BCUT2D eigenvalue weighted by Gasteiger charge is 2.27. The van der Waals surface area contributed by atoms with Crippen LogP contribution in [0.2, 0.25) is 0 Å². The third kappa shape index (κ3) is 3.09. The molecular weight excluding hydrogens is 278 g/mol. The quantitative estimate of drug-likeness (QED) is 0.818. The Kier molecular flexibility index (Phi) is 4.62. The van der Waals surface area contributed by atoms with Crippen LogP contribution in [0.1, 0.15) is 64.2 Å². The number of aromatic nitrogens is 1. The number of fused-ring (bicyclic) bond motifs is 1. The molecule has 1 saturated heterocycles. The molecule has 1 aromatic rings. The number of ketones is 1. The van der Waals surface area contributed by atoms with Crippen LogP contribution in [0, 0.1) is 6.92 Å². The molecule has 1 amide bonds. The van der Waals surface area contributed by atoms with Gasteiger partial charge in [0.1, 0.15) is 0 Å². The van der Waals surface area contributed by atoms with Crippen LogP contribution >= 0.6 is 0 Å². The van der Waals surface area contributed by atoms with Crippen molar-refractivity contribution in [2.45, 2.75) is 45.4 Å². The minimum Gasteiger partial charge on any atom is -0.355 e. The number of nitrogens with zero attached hydrogens (tertiary/aromatic N) is 1. The van der Waals surface area contributed by atoms with Crippen molar-refractivity contribution in [1.82, 2.24) is 15.2 Å². The maximum Gasteiger partial charge on any atom is 0.253 e. The molecule has 0 spiro atoms. The van der Waals surface area contributed by atoms with E-state index in [9.17, 15) is 9.59 Å². The summed E-state index contributed by atoms with van der Waals surface area (Å²) in [5.41, 5.74) is 3.10. The van der Waals surface area contributed by atoms with E-state index in [1.54, 1.807) is 0 Å². The van der Waals surface area contributed by atoms with Crippen LogP contribution in [0.3, 0.4) is 0 Å². The lowest BCUT2D eigenvalue weighted by atomic mass is 9.93. The molecule has 2 N–H and O–H groups in total. The third-order valence-electron chi connectivity index (χ3n) is 4.76. The first-order chi connectivity index (χ1) is 10.7. The maximum absolute atomic E-state index is 12.4. The van der Waals surface area contributed by atoms with E-state index in [1.165, 1.54) is 25.9 Å². The summed E-state index contributed by atoms with van der Waals surface area (Å²) >= 11 is 0. The van der Waals surface area contributed by atoms with Crippen LogP contribution in [-0.2, 0) is 6.42 Å². The van der Waals surface area contributed by atoms with Gasteiger partial charge in [-0.1, -0.05) is 0 Å². The molecule has 5 nitrogen and oxygen atoms in total.